The minimum absolute atomic E-state index is 0.109. The zero-order chi connectivity index (χ0) is 19.9. The van der Waals surface area contributed by atoms with Crippen LogP contribution in [0.3, 0.4) is 0 Å². The van der Waals surface area contributed by atoms with Crippen LogP contribution >= 0.6 is 0 Å². The number of amides is 1. The highest BCUT2D eigenvalue weighted by Crippen LogP contribution is 2.25. The Morgan fingerprint density at radius 3 is 2.64 bits per heavy atom. The van der Waals surface area contributed by atoms with Crippen LogP contribution < -0.4 is 15.5 Å². The molecule has 0 heterocycles. The Kier molecular flexibility index (Phi) is 6.11. The summed E-state index contributed by atoms with van der Waals surface area (Å²) in [5.74, 6) is 0.603. The SMILES string of the molecule is CCOc1ccc(N[C@H](C)C(=O)N/N=C\c2c(O)ccc3ccccc23)cc1. The van der Waals surface area contributed by atoms with E-state index in [-0.39, 0.29) is 11.7 Å². The summed E-state index contributed by atoms with van der Waals surface area (Å²) in [7, 11) is 0. The van der Waals surface area contributed by atoms with Gasteiger partial charge < -0.3 is 15.2 Å². The molecule has 0 radical (unpaired) electrons. The van der Waals surface area contributed by atoms with E-state index in [0.29, 0.717) is 12.2 Å². The number of hydrogen-bond acceptors (Lipinski definition) is 5. The molecule has 1 atom stereocenters. The van der Waals surface area contributed by atoms with E-state index in [0.717, 1.165) is 22.2 Å². The number of anilines is 1. The van der Waals surface area contributed by atoms with Gasteiger partial charge in [-0.25, -0.2) is 5.43 Å². The van der Waals surface area contributed by atoms with E-state index in [1.54, 1.807) is 13.0 Å². The number of hydrogen-bond donors (Lipinski definition) is 3. The van der Waals surface area contributed by atoms with E-state index in [2.05, 4.69) is 15.8 Å². The molecule has 0 saturated carbocycles. The molecule has 0 unspecified atom stereocenters. The molecule has 0 aromatic heterocycles. The van der Waals surface area contributed by atoms with E-state index < -0.39 is 6.04 Å². The molecule has 0 spiro atoms. The van der Waals surface area contributed by atoms with E-state index in [1.807, 2.05) is 61.5 Å². The maximum atomic E-state index is 12.3. The van der Waals surface area contributed by atoms with Gasteiger partial charge in [0, 0.05) is 11.3 Å². The summed E-state index contributed by atoms with van der Waals surface area (Å²) in [5, 5.41) is 19.1. The summed E-state index contributed by atoms with van der Waals surface area (Å²) in [5.41, 5.74) is 3.87. The minimum Gasteiger partial charge on any atom is -0.507 e. The van der Waals surface area contributed by atoms with Gasteiger partial charge in [0.05, 0.1) is 12.8 Å². The van der Waals surface area contributed by atoms with E-state index in [9.17, 15) is 9.90 Å². The van der Waals surface area contributed by atoms with Crippen LogP contribution in [0, 0.1) is 0 Å². The number of rotatable bonds is 7. The number of ether oxygens (including phenoxy) is 1. The number of phenolic OH excluding ortho intramolecular Hbond substituents is 1. The lowest BCUT2D eigenvalue weighted by Gasteiger charge is -2.14. The van der Waals surface area contributed by atoms with Crippen LogP contribution in [-0.2, 0) is 4.79 Å². The van der Waals surface area contributed by atoms with Gasteiger partial charge in [-0.15, -0.1) is 0 Å². The molecular formula is C22H23N3O3. The third-order valence-corrected chi connectivity index (χ3v) is 4.26. The maximum Gasteiger partial charge on any atom is 0.262 e. The highest BCUT2D eigenvalue weighted by molar-refractivity contribution is 6.02. The van der Waals surface area contributed by atoms with Crippen LogP contribution in [0.4, 0.5) is 5.69 Å². The Morgan fingerprint density at radius 1 is 1.14 bits per heavy atom. The van der Waals surface area contributed by atoms with Crippen LogP contribution in [0.2, 0.25) is 0 Å². The molecule has 1 amide bonds. The maximum absolute atomic E-state index is 12.3. The first-order valence-corrected chi connectivity index (χ1v) is 9.11. The zero-order valence-electron chi connectivity index (χ0n) is 15.8. The summed E-state index contributed by atoms with van der Waals surface area (Å²) in [6.45, 7) is 4.28. The van der Waals surface area contributed by atoms with Crippen molar-refractivity contribution in [2.75, 3.05) is 11.9 Å². The van der Waals surface area contributed by atoms with Crippen molar-refractivity contribution >= 4 is 28.6 Å². The van der Waals surface area contributed by atoms with Crippen molar-refractivity contribution in [1.29, 1.82) is 0 Å². The Labute approximate surface area is 163 Å². The monoisotopic (exact) mass is 377 g/mol. The summed E-state index contributed by atoms with van der Waals surface area (Å²) >= 11 is 0. The van der Waals surface area contributed by atoms with Crippen LogP contribution in [-0.4, -0.2) is 29.9 Å². The van der Waals surface area contributed by atoms with Crippen molar-refractivity contribution in [2.24, 2.45) is 5.10 Å². The van der Waals surface area contributed by atoms with Crippen molar-refractivity contribution < 1.29 is 14.6 Å². The van der Waals surface area contributed by atoms with Crippen molar-refractivity contribution in [1.82, 2.24) is 5.43 Å². The highest BCUT2D eigenvalue weighted by Gasteiger charge is 2.12. The lowest BCUT2D eigenvalue weighted by molar-refractivity contribution is -0.121. The normalized spacial score (nSPS) is 12.1. The van der Waals surface area contributed by atoms with Crippen molar-refractivity contribution in [3.8, 4) is 11.5 Å². The Bertz CT molecular complexity index is 984. The molecule has 0 aliphatic rings. The van der Waals surface area contributed by atoms with Gasteiger partial charge in [0.1, 0.15) is 17.5 Å². The van der Waals surface area contributed by atoms with Gasteiger partial charge in [0.25, 0.3) is 5.91 Å². The number of carbonyl (C=O) groups excluding carboxylic acids is 1. The van der Waals surface area contributed by atoms with Gasteiger partial charge in [-0.2, -0.15) is 5.10 Å². The molecule has 0 saturated heterocycles. The molecule has 6 nitrogen and oxygen atoms in total. The van der Waals surface area contributed by atoms with Crippen molar-refractivity contribution in [2.45, 2.75) is 19.9 Å². The van der Waals surface area contributed by atoms with Crippen LogP contribution in [0.25, 0.3) is 10.8 Å². The van der Waals surface area contributed by atoms with Crippen molar-refractivity contribution in [3.05, 3.63) is 66.2 Å². The smallest absolute Gasteiger partial charge is 0.262 e. The predicted octanol–water partition coefficient (Wildman–Crippen LogP) is 3.89. The van der Waals surface area contributed by atoms with Gasteiger partial charge in [-0.1, -0.05) is 30.3 Å². The molecule has 3 aromatic rings. The van der Waals surface area contributed by atoms with Gasteiger partial charge in [0.2, 0.25) is 0 Å². The summed E-state index contributed by atoms with van der Waals surface area (Å²) in [4.78, 5) is 12.3. The van der Waals surface area contributed by atoms with Crippen LogP contribution in [0.5, 0.6) is 11.5 Å². The number of benzene rings is 3. The van der Waals surface area contributed by atoms with E-state index >= 15 is 0 Å². The molecule has 3 rings (SSSR count). The molecule has 144 valence electrons. The highest BCUT2D eigenvalue weighted by atomic mass is 16.5. The Balaban J connectivity index is 1.63. The number of aromatic hydroxyl groups is 1. The fraction of sp³-hybridized carbons (Fsp3) is 0.182. The largest absolute Gasteiger partial charge is 0.507 e. The van der Waals surface area contributed by atoms with Gasteiger partial charge in [0.15, 0.2) is 0 Å². The van der Waals surface area contributed by atoms with Crippen LogP contribution in [0.15, 0.2) is 65.8 Å². The zero-order valence-corrected chi connectivity index (χ0v) is 15.8. The standard InChI is InChI=1S/C22H23N3O3/c1-3-28-18-11-9-17(10-12-18)24-15(2)22(27)25-23-14-20-19-7-5-4-6-16(19)8-13-21(20)26/h4-15,24,26H,3H2,1-2H3,(H,25,27)/b23-14-/t15-/m1/s1. The number of fused-ring (bicyclic) bond motifs is 1. The average Bonchev–Trinajstić information content (AvgIpc) is 2.71. The third kappa shape index (κ3) is 4.59. The number of phenols is 1. The second-order valence-electron chi connectivity index (χ2n) is 6.28. The van der Waals surface area contributed by atoms with Gasteiger partial charge in [-0.05, 0) is 55.0 Å². The fourth-order valence-corrected chi connectivity index (χ4v) is 2.81. The number of nitrogens with zero attached hydrogens (tertiary/aromatic N) is 1. The molecule has 0 aliphatic carbocycles. The van der Waals surface area contributed by atoms with Gasteiger partial charge >= 0.3 is 0 Å². The third-order valence-electron chi connectivity index (χ3n) is 4.26. The lowest BCUT2D eigenvalue weighted by atomic mass is 10.0. The predicted molar refractivity (Wildman–Crippen MR) is 112 cm³/mol. The van der Waals surface area contributed by atoms with Crippen LogP contribution in [0.1, 0.15) is 19.4 Å². The summed E-state index contributed by atoms with van der Waals surface area (Å²) in [6.07, 6.45) is 1.46. The average molecular weight is 377 g/mol. The van der Waals surface area contributed by atoms with Gasteiger partial charge in [-0.3, -0.25) is 4.79 Å². The molecule has 6 heteroatoms. The molecule has 0 bridgehead atoms. The summed E-state index contributed by atoms with van der Waals surface area (Å²) in [6, 6.07) is 18.0. The Hall–Kier alpha value is -3.54. The molecule has 3 aromatic carbocycles. The van der Waals surface area contributed by atoms with E-state index in [4.69, 9.17) is 4.74 Å². The van der Waals surface area contributed by atoms with Crippen molar-refractivity contribution in [3.63, 3.8) is 0 Å². The molecule has 3 N–H and O–H groups in total. The first kappa shape index (κ1) is 19.2. The first-order chi connectivity index (χ1) is 13.6. The Morgan fingerprint density at radius 2 is 1.89 bits per heavy atom. The fourth-order valence-electron chi connectivity index (χ4n) is 2.81. The quantitative estimate of drug-likeness (QED) is 0.431. The molecular weight excluding hydrogens is 354 g/mol. The molecule has 28 heavy (non-hydrogen) atoms. The molecule has 0 fully saturated rings. The topological polar surface area (TPSA) is 83.0 Å². The minimum atomic E-state index is -0.490. The summed E-state index contributed by atoms with van der Waals surface area (Å²) < 4.78 is 5.40. The number of nitrogens with one attached hydrogen (secondary N) is 2. The molecule has 0 aliphatic heterocycles. The number of carbonyl (C=O) groups is 1. The van der Waals surface area contributed by atoms with E-state index in [1.165, 1.54) is 6.21 Å². The second kappa shape index (κ2) is 8.90. The number of hydrazone groups is 1. The first-order valence-electron chi connectivity index (χ1n) is 9.11. The second-order valence-corrected chi connectivity index (χ2v) is 6.28. The lowest BCUT2D eigenvalue weighted by Crippen LogP contribution is -2.34.